The van der Waals surface area contributed by atoms with Gasteiger partial charge in [-0.1, -0.05) is 15.9 Å². The Hall–Kier alpha value is -0.430. The third-order valence-corrected chi connectivity index (χ3v) is 5.60. The summed E-state index contributed by atoms with van der Waals surface area (Å²) in [6.07, 6.45) is 1.80. The first-order valence-corrected chi connectivity index (χ1v) is 8.64. The van der Waals surface area contributed by atoms with E-state index in [0.717, 1.165) is 17.3 Å². The molecule has 0 spiro atoms. The van der Waals surface area contributed by atoms with Crippen molar-refractivity contribution in [2.24, 2.45) is 0 Å². The first-order chi connectivity index (χ1) is 9.04. The van der Waals surface area contributed by atoms with Crippen molar-refractivity contribution in [3.05, 3.63) is 28.7 Å². The van der Waals surface area contributed by atoms with Crippen LogP contribution in [-0.2, 0) is 14.8 Å². The maximum absolute atomic E-state index is 12.5. The minimum Gasteiger partial charge on any atom is -0.377 e. The van der Waals surface area contributed by atoms with Crippen LogP contribution in [0.4, 0.5) is 0 Å². The standard InChI is InChI=1S/C13H18BrNO3S/c1-2-18-12-4-3-9-15(10-12)19(16,17)13-7-5-11(14)6-8-13/h5-8,12H,2-4,9-10H2,1H3. The Morgan fingerprint density at radius 1 is 1.37 bits per heavy atom. The van der Waals surface area contributed by atoms with Gasteiger partial charge in [0.1, 0.15) is 0 Å². The van der Waals surface area contributed by atoms with Crippen LogP contribution in [-0.4, -0.2) is 38.5 Å². The summed E-state index contributed by atoms with van der Waals surface area (Å²) in [7, 11) is -3.40. The van der Waals surface area contributed by atoms with Gasteiger partial charge in [0, 0.05) is 24.2 Å². The number of nitrogens with zero attached hydrogens (tertiary/aromatic N) is 1. The zero-order valence-electron chi connectivity index (χ0n) is 10.9. The molecule has 1 aliphatic heterocycles. The highest BCUT2D eigenvalue weighted by Gasteiger charge is 2.30. The van der Waals surface area contributed by atoms with E-state index in [1.54, 1.807) is 24.3 Å². The van der Waals surface area contributed by atoms with Gasteiger partial charge in [0.25, 0.3) is 0 Å². The molecule has 1 aromatic carbocycles. The molecule has 0 aliphatic carbocycles. The number of halogens is 1. The summed E-state index contributed by atoms with van der Waals surface area (Å²) in [6.45, 7) is 3.58. The number of hydrogen-bond donors (Lipinski definition) is 0. The Bertz CT molecular complexity index is 513. The molecular weight excluding hydrogens is 330 g/mol. The molecule has 4 nitrogen and oxygen atoms in total. The molecule has 0 N–H and O–H groups in total. The summed E-state index contributed by atoms with van der Waals surface area (Å²) < 4.78 is 33.0. The van der Waals surface area contributed by atoms with Gasteiger partial charge >= 0.3 is 0 Å². The van der Waals surface area contributed by atoms with Crippen molar-refractivity contribution >= 4 is 26.0 Å². The van der Waals surface area contributed by atoms with Gasteiger partial charge in [0.15, 0.2) is 0 Å². The molecule has 1 heterocycles. The van der Waals surface area contributed by atoms with Crippen molar-refractivity contribution < 1.29 is 13.2 Å². The normalized spacial score (nSPS) is 21.5. The van der Waals surface area contributed by atoms with E-state index >= 15 is 0 Å². The van der Waals surface area contributed by atoms with Crippen LogP contribution in [0.2, 0.25) is 0 Å². The van der Waals surface area contributed by atoms with Gasteiger partial charge in [-0.3, -0.25) is 0 Å². The predicted molar refractivity (Wildman–Crippen MR) is 77.5 cm³/mol. The zero-order chi connectivity index (χ0) is 13.9. The van der Waals surface area contributed by atoms with Crippen molar-refractivity contribution in [1.29, 1.82) is 0 Å². The van der Waals surface area contributed by atoms with Gasteiger partial charge in [-0.2, -0.15) is 4.31 Å². The van der Waals surface area contributed by atoms with E-state index in [2.05, 4.69) is 15.9 Å². The molecule has 1 aliphatic rings. The summed E-state index contributed by atoms with van der Waals surface area (Å²) in [5, 5.41) is 0. The molecule has 1 unspecified atom stereocenters. The number of rotatable bonds is 4. The summed E-state index contributed by atoms with van der Waals surface area (Å²) >= 11 is 3.31. The molecule has 1 saturated heterocycles. The number of sulfonamides is 1. The Morgan fingerprint density at radius 2 is 2.05 bits per heavy atom. The lowest BCUT2D eigenvalue weighted by molar-refractivity contribution is 0.0265. The predicted octanol–water partition coefficient (Wildman–Crippen LogP) is 2.64. The number of hydrogen-bond acceptors (Lipinski definition) is 3. The fourth-order valence-electron chi connectivity index (χ4n) is 2.25. The topological polar surface area (TPSA) is 46.6 Å². The van der Waals surface area contributed by atoms with Crippen LogP contribution in [0.25, 0.3) is 0 Å². The van der Waals surface area contributed by atoms with Gasteiger partial charge in [-0.25, -0.2) is 8.42 Å². The largest absolute Gasteiger partial charge is 0.377 e. The monoisotopic (exact) mass is 347 g/mol. The van der Waals surface area contributed by atoms with E-state index in [1.165, 1.54) is 4.31 Å². The Labute approximate surface area is 122 Å². The van der Waals surface area contributed by atoms with Crippen LogP contribution in [0.1, 0.15) is 19.8 Å². The molecule has 2 rings (SSSR count). The highest BCUT2D eigenvalue weighted by Crippen LogP contribution is 2.23. The van der Waals surface area contributed by atoms with Crippen molar-refractivity contribution in [3.8, 4) is 0 Å². The SMILES string of the molecule is CCOC1CCCN(S(=O)(=O)c2ccc(Br)cc2)C1. The maximum Gasteiger partial charge on any atom is 0.243 e. The average molecular weight is 348 g/mol. The molecular formula is C13H18BrNO3S. The molecule has 19 heavy (non-hydrogen) atoms. The fraction of sp³-hybridized carbons (Fsp3) is 0.538. The van der Waals surface area contributed by atoms with Gasteiger partial charge in [-0.05, 0) is 44.0 Å². The van der Waals surface area contributed by atoms with Crippen LogP contribution in [0.3, 0.4) is 0 Å². The summed E-state index contributed by atoms with van der Waals surface area (Å²) in [5.74, 6) is 0. The van der Waals surface area contributed by atoms with E-state index in [-0.39, 0.29) is 6.10 Å². The van der Waals surface area contributed by atoms with Crippen LogP contribution >= 0.6 is 15.9 Å². The molecule has 0 bridgehead atoms. The summed E-state index contributed by atoms with van der Waals surface area (Å²) in [5.41, 5.74) is 0. The third kappa shape index (κ3) is 3.56. The second kappa shape index (κ2) is 6.35. The second-order valence-electron chi connectivity index (χ2n) is 4.54. The smallest absolute Gasteiger partial charge is 0.243 e. The molecule has 1 atom stereocenters. The highest BCUT2D eigenvalue weighted by molar-refractivity contribution is 9.10. The Balaban J connectivity index is 2.17. The lowest BCUT2D eigenvalue weighted by Crippen LogP contribution is -2.43. The Morgan fingerprint density at radius 3 is 2.68 bits per heavy atom. The average Bonchev–Trinajstić information content (AvgIpc) is 2.40. The van der Waals surface area contributed by atoms with Gasteiger partial charge in [-0.15, -0.1) is 0 Å². The number of benzene rings is 1. The molecule has 106 valence electrons. The molecule has 0 radical (unpaired) electrons. The van der Waals surface area contributed by atoms with E-state index in [0.29, 0.717) is 24.6 Å². The van der Waals surface area contributed by atoms with Crippen LogP contribution in [0.5, 0.6) is 0 Å². The number of ether oxygens (including phenoxy) is 1. The van der Waals surface area contributed by atoms with E-state index in [1.807, 2.05) is 6.92 Å². The minimum atomic E-state index is -3.40. The molecule has 0 aromatic heterocycles. The summed E-state index contributed by atoms with van der Waals surface area (Å²) in [4.78, 5) is 0.341. The first kappa shape index (κ1) is 15.0. The maximum atomic E-state index is 12.5. The van der Waals surface area contributed by atoms with E-state index < -0.39 is 10.0 Å². The van der Waals surface area contributed by atoms with Crippen LogP contribution in [0, 0.1) is 0 Å². The molecule has 0 amide bonds. The lowest BCUT2D eigenvalue weighted by Gasteiger charge is -2.31. The van der Waals surface area contributed by atoms with Crippen molar-refractivity contribution in [3.63, 3.8) is 0 Å². The molecule has 0 saturated carbocycles. The molecule has 1 fully saturated rings. The number of piperidine rings is 1. The zero-order valence-corrected chi connectivity index (χ0v) is 13.3. The lowest BCUT2D eigenvalue weighted by atomic mass is 10.1. The molecule has 6 heteroatoms. The first-order valence-electron chi connectivity index (χ1n) is 6.41. The summed E-state index contributed by atoms with van der Waals surface area (Å²) in [6, 6.07) is 6.75. The second-order valence-corrected chi connectivity index (χ2v) is 7.39. The highest BCUT2D eigenvalue weighted by atomic mass is 79.9. The van der Waals surface area contributed by atoms with Crippen LogP contribution in [0.15, 0.2) is 33.6 Å². The molecule has 1 aromatic rings. The minimum absolute atomic E-state index is 0.0176. The quantitative estimate of drug-likeness (QED) is 0.840. The Kier molecular flexibility index (Phi) is 5.00. The van der Waals surface area contributed by atoms with Gasteiger partial charge < -0.3 is 4.74 Å². The third-order valence-electron chi connectivity index (χ3n) is 3.19. The van der Waals surface area contributed by atoms with Crippen LogP contribution < -0.4 is 0 Å². The van der Waals surface area contributed by atoms with Gasteiger partial charge in [0.05, 0.1) is 11.0 Å². The van der Waals surface area contributed by atoms with E-state index in [9.17, 15) is 8.42 Å². The van der Waals surface area contributed by atoms with E-state index in [4.69, 9.17) is 4.74 Å². The van der Waals surface area contributed by atoms with Crippen molar-refractivity contribution in [2.45, 2.75) is 30.8 Å². The van der Waals surface area contributed by atoms with Crippen molar-refractivity contribution in [2.75, 3.05) is 19.7 Å². The van der Waals surface area contributed by atoms with Crippen molar-refractivity contribution in [1.82, 2.24) is 4.31 Å². The van der Waals surface area contributed by atoms with Gasteiger partial charge in [0.2, 0.25) is 10.0 Å². The fourth-order valence-corrected chi connectivity index (χ4v) is 4.03.